The number of carbonyl (C=O) groups excluding carboxylic acids is 2. The zero-order chi connectivity index (χ0) is 22.4. The predicted octanol–water partition coefficient (Wildman–Crippen LogP) is 3.92. The lowest BCUT2D eigenvalue weighted by atomic mass is 10.1. The molecule has 166 valence electrons. The van der Waals surface area contributed by atoms with Crippen molar-refractivity contribution in [3.63, 3.8) is 0 Å². The number of hydrogen-bond donors (Lipinski definition) is 2. The molecule has 1 aliphatic carbocycles. The fourth-order valence-electron chi connectivity index (χ4n) is 3.24. The van der Waals surface area contributed by atoms with Crippen LogP contribution in [0, 0.1) is 11.7 Å². The van der Waals surface area contributed by atoms with E-state index >= 15 is 0 Å². The second-order valence-corrected chi connectivity index (χ2v) is 7.86. The first-order valence-corrected chi connectivity index (χ1v) is 10.3. The fraction of sp³-hybridized carbons (Fsp3) is 0.391. The number of hydrogen-bond acceptors (Lipinski definition) is 4. The Morgan fingerprint density at radius 3 is 2.48 bits per heavy atom. The van der Waals surface area contributed by atoms with Crippen molar-refractivity contribution in [2.24, 2.45) is 5.92 Å². The maximum atomic E-state index is 13.5. The van der Waals surface area contributed by atoms with Crippen LogP contribution in [-0.4, -0.2) is 51.2 Å². The van der Waals surface area contributed by atoms with E-state index in [4.69, 9.17) is 4.74 Å². The maximum Gasteiger partial charge on any atom is 0.322 e. The molecule has 1 saturated carbocycles. The molecule has 7 nitrogen and oxygen atoms in total. The highest BCUT2D eigenvalue weighted by molar-refractivity contribution is 5.94. The molecule has 0 radical (unpaired) electrons. The average Bonchev–Trinajstić information content (AvgIpc) is 3.56. The van der Waals surface area contributed by atoms with Crippen molar-refractivity contribution < 1.29 is 18.7 Å². The number of benzene rings is 2. The Morgan fingerprint density at radius 1 is 1.10 bits per heavy atom. The second-order valence-electron chi connectivity index (χ2n) is 7.86. The molecule has 31 heavy (non-hydrogen) atoms. The largest absolute Gasteiger partial charge is 0.383 e. The fourth-order valence-corrected chi connectivity index (χ4v) is 3.24. The van der Waals surface area contributed by atoms with Crippen molar-refractivity contribution in [3.8, 4) is 0 Å². The standard InChI is InChI=1S/C23H29FN4O3/c1-27(2)21-10-9-20(25-22(29)16-7-8-16)13-17(21)15-28(11-12-31-3)23(30)26-19-6-4-5-18(24)14-19/h4-6,9-10,13-14,16H,7-8,11-12,15H2,1-3H3,(H,25,29)(H,26,30). The Kier molecular flexibility index (Phi) is 7.46. The van der Waals surface area contributed by atoms with Crippen LogP contribution in [0.4, 0.5) is 26.2 Å². The number of methoxy groups -OCH3 is 1. The molecule has 0 heterocycles. The molecule has 1 fully saturated rings. The van der Waals surface area contributed by atoms with E-state index in [9.17, 15) is 14.0 Å². The summed E-state index contributed by atoms with van der Waals surface area (Å²) < 4.78 is 18.7. The normalized spacial score (nSPS) is 12.9. The molecule has 0 bridgehead atoms. The van der Waals surface area contributed by atoms with Gasteiger partial charge in [0.1, 0.15) is 5.82 Å². The van der Waals surface area contributed by atoms with Gasteiger partial charge in [0.25, 0.3) is 0 Å². The quantitative estimate of drug-likeness (QED) is 0.635. The molecule has 0 unspecified atom stereocenters. The van der Waals surface area contributed by atoms with Crippen LogP contribution in [0.3, 0.4) is 0 Å². The number of urea groups is 1. The van der Waals surface area contributed by atoms with Gasteiger partial charge in [-0.3, -0.25) is 4.79 Å². The van der Waals surface area contributed by atoms with Crippen LogP contribution in [0.5, 0.6) is 0 Å². The molecule has 1 aliphatic rings. The number of ether oxygens (including phenoxy) is 1. The highest BCUT2D eigenvalue weighted by Gasteiger charge is 2.29. The Morgan fingerprint density at radius 2 is 1.84 bits per heavy atom. The first-order valence-electron chi connectivity index (χ1n) is 10.3. The summed E-state index contributed by atoms with van der Waals surface area (Å²) in [6.07, 6.45) is 1.86. The monoisotopic (exact) mass is 428 g/mol. The summed E-state index contributed by atoms with van der Waals surface area (Å²) in [5, 5.41) is 5.70. The Bertz CT molecular complexity index is 931. The van der Waals surface area contributed by atoms with E-state index in [1.54, 1.807) is 24.1 Å². The molecule has 8 heteroatoms. The smallest absolute Gasteiger partial charge is 0.322 e. The summed E-state index contributed by atoms with van der Waals surface area (Å²) in [6, 6.07) is 11.1. The third-order valence-corrected chi connectivity index (χ3v) is 5.07. The summed E-state index contributed by atoms with van der Waals surface area (Å²) in [5.41, 5.74) is 2.90. The van der Waals surface area contributed by atoms with Gasteiger partial charge >= 0.3 is 6.03 Å². The number of rotatable bonds is 9. The lowest BCUT2D eigenvalue weighted by Crippen LogP contribution is -2.37. The van der Waals surface area contributed by atoms with Crippen LogP contribution in [0.1, 0.15) is 18.4 Å². The SMILES string of the molecule is COCCN(Cc1cc(NC(=O)C2CC2)ccc1N(C)C)C(=O)Nc1cccc(F)c1. The number of anilines is 3. The van der Waals surface area contributed by atoms with Crippen molar-refractivity contribution in [1.29, 1.82) is 0 Å². The van der Waals surface area contributed by atoms with Crippen LogP contribution in [-0.2, 0) is 16.1 Å². The van der Waals surface area contributed by atoms with Gasteiger partial charge in [0.15, 0.2) is 0 Å². The molecule has 3 rings (SSSR count). The summed E-state index contributed by atoms with van der Waals surface area (Å²) in [7, 11) is 5.42. The van der Waals surface area contributed by atoms with Gasteiger partial charge in [-0.25, -0.2) is 9.18 Å². The summed E-state index contributed by atoms with van der Waals surface area (Å²) in [6.45, 7) is 1.00. The van der Waals surface area contributed by atoms with Crippen LogP contribution < -0.4 is 15.5 Å². The van der Waals surface area contributed by atoms with E-state index in [-0.39, 0.29) is 17.9 Å². The number of nitrogens with one attached hydrogen (secondary N) is 2. The van der Waals surface area contributed by atoms with Crippen molar-refractivity contribution in [2.45, 2.75) is 19.4 Å². The predicted molar refractivity (Wildman–Crippen MR) is 120 cm³/mol. The lowest BCUT2D eigenvalue weighted by molar-refractivity contribution is -0.117. The highest BCUT2D eigenvalue weighted by Crippen LogP contribution is 2.31. The molecule has 0 aliphatic heterocycles. The number of nitrogens with zero attached hydrogens (tertiary/aromatic N) is 2. The minimum atomic E-state index is -0.421. The third-order valence-electron chi connectivity index (χ3n) is 5.07. The number of amides is 3. The minimum Gasteiger partial charge on any atom is -0.383 e. The molecular formula is C23H29FN4O3. The summed E-state index contributed by atoms with van der Waals surface area (Å²) >= 11 is 0. The van der Waals surface area contributed by atoms with Crippen LogP contribution >= 0.6 is 0 Å². The Balaban J connectivity index is 1.80. The molecular weight excluding hydrogens is 399 g/mol. The van der Waals surface area contributed by atoms with Gasteiger partial charge in [-0.05, 0) is 54.8 Å². The van der Waals surface area contributed by atoms with Gasteiger partial charge in [-0.2, -0.15) is 0 Å². The molecule has 0 spiro atoms. The van der Waals surface area contributed by atoms with E-state index in [1.165, 1.54) is 12.1 Å². The van der Waals surface area contributed by atoms with Crippen LogP contribution in [0.2, 0.25) is 0 Å². The van der Waals surface area contributed by atoms with Gasteiger partial charge in [-0.15, -0.1) is 0 Å². The van der Waals surface area contributed by atoms with Gasteiger partial charge < -0.3 is 25.2 Å². The Labute approximate surface area is 182 Å². The molecule has 2 aromatic carbocycles. The highest BCUT2D eigenvalue weighted by atomic mass is 19.1. The third kappa shape index (κ3) is 6.42. The van der Waals surface area contributed by atoms with Crippen molar-refractivity contribution in [1.82, 2.24) is 4.90 Å². The molecule has 3 amide bonds. The molecule has 0 atom stereocenters. The molecule has 0 saturated heterocycles. The van der Waals surface area contributed by atoms with Crippen molar-refractivity contribution in [2.75, 3.05) is 49.9 Å². The zero-order valence-electron chi connectivity index (χ0n) is 18.2. The van der Waals surface area contributed by atoms with Gasteiger partial charge in [0.05, 0.1) is 6.61 Å². The zero-order valence-corrected chi connectivity index (χ0v) is 18.2. The maximum absolute atomic E-state index is 13.5. The van der Waals surface area contributed by atoms with E-state index in [0.717, 1.165) is 24.1 Å². The first kappa shape index (κ1) is 22.6. The van der Waals surface area contributed by atoms with E-state index in [1.807, 2.05) is 37.2 Å². The summed E-state index contributed by atoms with van der Waals surface area (Å²) in [5.74, 6) is -0.286. The van der Waals surface area contributed by atoms with Crippen LogP contribution in [0.15, 0.2) is 42.5 Å². The Hall–Kier alpha value is -3.13. The van der Waals surface area contributed by atoms with Crippen LogP contribution in [0.25, 0.3) is 0 Å². The second kappa shape index (κ2) is 10.3. The number of halogens is 1. The van der Waals surface area contributed by atoms with E-state index < -0.39 is 5.82 Å². The summed E-state index contributed by atoms with van der Waals surface area (Å²) in [4.78, 5) is 28.7. The van der Waals surface area contributed by atoms with E-state index in [2.05, 4.69) is 10.6 Å². The number of carbonyl (C=O) groups is 2. The van der Waals surface area contributed by atoms with Gasteiger partial charge in [0, 0.05) is 57.3 Å². The lowest BCUT2D eigenvalue weighted by Gasteiger charge is -2.26. The van der Waals surface area contributed by atoms with Gasteiger partial charge in [-0.1, -0.05) is 6.07 Å². The molecule has 2 N–H and O–H groups in total. The average molecular weight is 429 g/mol. The van der Waals surface area contributed by atoms with Crippen molar-refractivity contribution in [3.05, 3.63) is 53.8 Å². The topological polar surface area (TPSA) is 73.9 Å². The molecule has 2 aromatic rings. The van der Waals surface area contributed by atoms with E-state index in [0.29, 0.717) is 31.1 Å². The van der Waals surface area contributed by atoms with Gasteiger partial charge in [0.2, 0.25) is 5.91 Å². The van der Waals surface area contributed by atoms with Crippen molar-refractivity contribution >= 4 is 29.0 Å². The minimum absolute atomic E-state index is 0.0311. The molecule has 0 aromatic heterocycles. The first-order chi connectivity index (χ1) is 14.9.